The Kier molecular flexibility index (Phi) is 3.24. The van der Waals surface area contributed by atoms with Crippen LogP contribution in [0.25, 0.3) is 10.6 Å². The van der Waals surface area contributed by atoms with Gasteiger partial charge in [0.05, 0.1) is 16.6 Å². The minimum Gasteiger partial charge on any atom is -0.240 e. The summed E-state index contributed by atoms with van der Waals surface area (Å²) in [6, 6.07) is 4.86. The van der Waals surface area contributed by atoms with Gasteiger partial charge in [0.1, 0.15) is 5.01 Å². The van der Waals surface area contributed by atoms with Gasteiger partial charge in [-0.1, -0.05) is 17.7 Å². The molecule has 0 aliphatic carbocycles. The number of benzene rings is 1. The summed E-state index contributed by atoms with van der Waals surface area (Å²) in [5, 5.41) is 2.52. The van der Waals surface area contributed by atoms with Crippen molar-refractivity contribution in [2.24, 2.45) is 0 Å². The molecule has 1 aromatic heterocycles. The first kappa shape index (κ1) is 10.9. The Morgan fingerprint density at radius 3 is 2.87 bits per heavy atom. The van der Waals surface area contributed by atoms with Gasteiger partial charge in [0.2, 0.25) is 0 Å². The van der Waals surface area contributed by atoms with E-state index in [9.17, 15) is 4.39 Å². The number of hydrogen-bond acceptors (Lipinski definition) is 2. The van der Waals surface area contributed by atoms with Crippen LogP contribution in [-0.4, -0.2) is 4.98 Å². The van der Waals surface area contributed by atoms with E-state index < -0.39 is 5.82 Å². The van der Waals surface area contributed by atoms with Crippen LogP contribution in [0.2, 0.25) is 5.02 Å². The van der Waals surface area contributed by atoms with Crippen molar-refractivity contribution in [2.45, 2.75) is 5.88 Å². The third-order valence-corrected chi connectivity index (χ3v) is 3.36. The van der Waals surface area contributed by atoms with Gasteiger partial charge in [-0.25, -0.2) is 9.37 Å². The molecule has 0 atom stereocenters. The van der Waals surface area contributed by atoms with Crippen LogP contribution in [0.15, 0.2) is 23.6 Å². The molecule has 0 saturated heterocycles. The van der Waals surface area contributed by atoms with E-state index in [0.717, 1.165) is 5.69 Å². The number of thiazole rings is 1. The maximum Gasteiger partial charge on any atom is 0.152 e. The zero-order valence-corrected chi connectivity index (χ0v) is 9.83. The largest absolute Gasteiger partial charge is 0.240 e. The summed E-state index contributed by atoms with van der Waals surface area (Å²) in [5.41, 5.74) is 1.17. The van der Waals surface area contributed by atoms with Crippen LogP contribution >= 0.6 is 34.5 Å². The number of rotatable bonds is 2. The Hall–Kier alpha value is -0.640. The third kappa shape index (κ3) is 2.14. The highest BCUT2D eigenvalue weighted by atomic mass is 35.5. The molecule has 0 unspecified atom stereocenters. The molecule has 0 aliphatic heterocycles. The van der Waals surface area contributed by atoms with Crippen LogP contribution in [0, 0.1) is 5.82 Å². The molecule has 0 saturated carbocycles. The van der Waals surface area contributed by atoms with Gasteiger partial charge in [0.25, 0.3) is 0 Å². The average Bonchev–Trinajstić information content (AvgIpc) is 2.70. The molecular weight excluding hydrogens is 256 g/mol. The van der Waals surface area contributed by atoms with Gasteiger partial charge in [-0.15, -0.1) is 22.9 Å². The lowest BCUT2D eigenvalue weighted by Gasteiger charge is -1.99. The summed E-state index contributed by atoms with van der Waals surface area (Å²) < 4.78 is 13.6. The molecule has 0 amide bonds. The molecule has 0 spiro atoms. The molecule has 1 aromatic carbocycles. The zero-order chi connectivity index (χ0) is 10.8. The first-order valence-corrected chi connectivity index (χ1v) is 5.96. The number of alkyl halides is 1. The number of nitrogens with zero attached hydrogens (tertiary/aromatic N) is 1. The van der Waals surface area contributed by atoms with Crippen LogP contribution in [-0.2, 0) is 5.88 Å². The van der Waals surface area contributed by atoms with Crippen molar-refractivity contribution >= 4 is 34.5 Å². The molecule has 0 aliphatic rings. The van der Waals surface area contributed by atoms with Gasteiger partial charge in [-0.05, 0) is 12.1 Å². The topological polar surface area (TPSA) is 12.9 Å². The molecule has 1 nitrogen and oxygen atoms in total. The lowest BCUT2D eigenvalue weighted by molar-refractivity contribution is 0.631. The normalized spacial score (nSPS) is 10.6. The fourth-order valence-corrected chi connectivity index (χ4v) is 2.40. The van der Waals surface area contributed by atoms with E-state index in [1.54, 1.807) is 12.1 Å². The Bertz CT molecular complexity index is 484. The summed E-state index contributed by atoms with van der Waals surface area (Å²) in [4.78, 5) is 4.19. The second kappa shape index (κ2) is 4.47. The molecule has 0 radical (unpaired) electrons. The van der Waals surface area contributed by atoms with E-state index in [0.29, 0.717) is 16.5 Å². The lowest BCUT2D eigenvalue weighted by Crippen LogP contribution is -1.85. The minimum absolute atomic E-state index is 0.107. The molecule has 78 valence electrons. The smallest absolute Gasteiger partial charge is 0.152 e. The lowest BCUT2D eigenvalue weighted by atomic mass is 10.2. The average molecular weight is 262 g/mol. The summed E-state index contributed by atoms with van der Waals surface area (Å²) in [6.07, 6.45) is 0. The predicted octanol–water partition coefficient (Wildman–Crippen LogP) is 4.34. The molecule has 0 bridgehead atoms. The van der Waals surface area contributed by atoms with E-state index in [1.165, 1.54) is 17.4 Å². The van der Waals surface area contributed by atoms with Gasteiger partial charge in [-0.2, -0.15) is 0 Å². The SMILES string of the molecule is Fc1c(Cl)cccc1-c1nc(CCl)cs1. The quantitative estimate of drug-likeness (QED) is 0.733. The molecule has 2 rings (SSSR count). The van der Waals surface area contributed by atoms with Crippen molar-refractivity contribution in [3.8, 4) is 10.6 Å². The maximum atomic E-state index is 13.6. The highest BCUT2D eigenvalue weighted by Gasteiger charge is 2.11. The Morgan fingerprint density at radius 2 is 2.20 bits per heavy atom. The monoisotopic (exact) mass is 261 g/mol. The number of aromatic nitrogens is 1. The predicted molar refractivity (Wildman–Crippen MR) is 62.1 cm³/mol. The molecule has 0 fully saturated rings. The fourth-order valence-electron chi connectivity index (χ4n) is 1.16. The van der Waals surface area contributed by atoms with Gasteiger partial charge < -0.3 is 0 Å². The van der Waals surface area contributed by atoms with E-state index in [2.05, 4.69) is 4.98 Å². The maximum absolute atomic E-state index is 13.6. The van der Waals surface area contributed by atoms with E-state index >= 15 is 0 Å². The van der Waals surface area contributed by atoms with Crippen molar-refractivity contribution in [3.05, 3.63) is 40.1 Å². The Morgan fingerprint density at radius 1 is 1.40 bits per heavy atom. The first-order chi connectivity index (χ1) is 7.22. The van der Waals surface area contributed by atoms with Crippen molar-refractivity contribution in [3.63, 3.8) is 0 Å². The van der Waals surface area contributed by atoms with Crippen LogP contribution in [0.4, 0.5) is 4.39 Å². The molecule has 1 heterocycles. The van der Waals surface area contributed by atoms with Gasteiger partial charge in [-0.3, -0.25) is 0 Å². The van der Waals surface area contributed by atoms with Crippen molar-refractivity contribution in [1.29, 1.82) is 0 Å². The van der Waals surface area contributed by atoms with Crippen molar-refractivity contribution < 1.29 is 4.39 Å². The van der Waals surface area contributed by atoms with E-state index in [1.807, 2.05) is 5.38 Å². The van der Waals surface area contributed by atoms with Gasteiger partial charge in [0, 0.05) is 10.9 Å². The molecule has 5 heteroatoms. The van der Waals surface area contributed by atoms with E-state index in [4.69, 9.17) is 23.2 Å². The first-order valence-electron chi connectivity index (χ1n) is 4.17. The highest BCUT2D eigenvalue weighted by Crippen LogP contribution is 2.30. The van der Waals surface area contributed by atoms with Crippen molar-refractivity contribution in [1.82, 2.24) is 4.98 Å². The van der Waals surface area contributed by atoms with Crippen molar-refractivity contribution in [2.75, 3.05) is 0 Å². The van der Waals surface area contributed by atoms with Crippen LogP contribution < -0.4 is 0 Å². The van der Waals surface area contributed by atoms with E-state index in [-0.39, 0.29) is 5.02 Å². The Balaban J connectivity index is 2.49. The number of hydrogen-bond donors (Lipinski definition) is 0. The molecule has 0 N–H and O–H groups in total. The third-order valence-electron chi connectivity index (χ3n) is 1.87. The van der Waals surface area contributed by atoms with Crippen LogP contribution in [0.1, 0.15) is 5.69 Å². The summed E-state index contributed by atoms with van der Waals surface area (Å²) in [6.45, 7) is 0. The Labute approximate surface area is 100 Å². The molecule has 15 heavy (non-hydrogen) atoms. The minimum atomic E-state index is -0.436. The summed E-state index contributed by atoms with van der Waals surface area (Å²) in [5.74, 6) is -0.103. The zero-order valence-electron chi connectivity index (χ0n) is 7.51. The fraction of sp³-hybridized carbons (Fsp3) is 0.100. The standard InChI is InChI=1S/C10H6Cl2FNS/c11-4-6-5-15-10(14-6)7-2-1-3-8(12)9(7)13/h1-3,5H,4H2. The van der Waals surface area contributed by atoms with Gasteiger partial charge in [0.15, 0.2) is 5.82 Å². The molecular formula is C10H6Cl2FNS. The second-order valence-corrected chi connectivity index (χ2v) is 4.41. The van der Waals surface area contributed by atoms with Gasteiger partial charge >= 0.3 is 0 Å². The summed E-state index contributed by atoms with van der Waals surface area (Å²) in [7, 11) is 0. The van der Waals surface area contributed by atoms with Crippen LogP contribution in [0.3, 0.4) is 0 Å². The second-order valence-electron chi connectivity index (χ2n) is 2.88. The van der Waals surface area contributed by atoms with Crippen LogP contribution in [0.5, 0.6) is 0 Å². The highest BCUT2D eigenvalue weighted by molar-refractivity contribution is 7.13. The molecule has 2 aromatic rings. The number of halogens is 3. The summed E-state index contributed by atoms with van der Waals surface area (Å²) >= 11 is 12.7.